The average molecular weight is 278 g/mol. The average Bonchev–Trinajstić information content (AvgIpc) is 2.94. The minimum atomic E-state index is -0.432. The number of halogens is 1. The zero-order valence-corrected chi connectivity index (χ0v) is 10.8. The number of H-pyrrole nitrogens is 1. The van der Waals surface area contributed by atoms with Crippen LogP contribution in [0.25, 0.3) is 0 Å². The van der Waals surface area contributed by atoms with Gasteiger partial charge in [-0.1, -0.05) is 12.1 Å². The highest BCUT2D eigenvalue weighted by Crippen LogP contribution is 2.15. The Hall–Kier alpha value is -2.44. The molecule has 7 heteroatoms. The Balaban J connectivity index is 1.62. The molecule has 0 fully saturated rings. The molecule has 2 N–H and O–H groups in total. The number of benzene rings is 1. The first-order valence-corrected chi connectivity index (χ1v) is 6.24. The number of aromatic nitrogens is 3. The van der Waals surface area contributed by atoms with Crippen LogP contribution in [0.5, 0.6) is 5.75 Å². The number of hydrogen-bond donors (Lipinski definition) is 2. The van der Waals surface area contributed by atoms with Gasteiger partial charge in [0.05, 0.1) is 13.0 Å². The number of nitrogens with zero attached hydrogens (tertiary/aromatic N) is 2. The van der Waals surface area contributed by atoms with Gasteiger partial charge in [-0.15, -0.1) is 0 Å². The Bertz CT molecular complexity index is 545. The minimum absolute atomic E-state index is 0.134. The lowest BCUT2D eigenvalue weighted by Crippen LogP contribution is -2.27. The van der Waals surface area contributed by atoms with E-state index in [0.717, 1.165) is 0 Å². The highest BCUT2D eigenvalue weighted by Gasteiger charge is 2.05. The Morgan fingerprint density at radius 1 is 1.40 bits per heavy atom. The molecule has 0 unspecified atom stereocenters. The number of amides is 1. The first-order chi connectivity index (χ1) is 9.75. The number of carbonyl (C=O) groups excluding carboxylic acids is 1. The zero-order chi connectivity index (χ0) is 14.2. The van der Waals surface area contributed by atoms with Gasteiger partial charge in [0.25, 0.3) is 0 Å². The molecule has 0 aliphatic carbocycles. The molecule has 0 aliphatic rings. The topological polar surface area (TPSA) is 79.9 Å². The maximum absolute atomic E-state index is 13.2. The van der Waals surface area contributed by atoms with Crippen molar-refractivity contribution in [2.45, 2.75) is 12.8 Å². The van der Waals surface area contributed by atoms with Gasteiger partial charge in [0.2, 0.25) is 5.91 Å². The second-order valence-corrected chi connectivity index (χ2v) is 4.06. The van der Waals surface area contributed by atoms with Gasteiger partial charge in [-0.25, -0.2) is 9.37 Å². The number of nitrogens with one attached hydrogen (secondary N) is 2. The third kappa shape index (κ3) is 4.34. The largest absolute Gasteiger partial charge is 0.490 e. The van der Waals surface area contributed by atoms with Crippen molar-refractivity contribution in [3.8, 4) is 5.75 Å². The molecule has 0 spiro atoms. The van der Waals surface area contributed by atoms with Crippen LogP contribution in [-0.4, -0.2) is 34.2 Å². The predicted octanol–water partition coefficient (Wildman–Crippen LogP) is 1.07. The van der Waals surface area contributed by atoms with Crippen LogP contribution in [0.1, 0.15) is 12.2 Å². The Kier molecular flexibility index (Phi) is 5.05. The minimum Gasteiger partial charge on any atom is -0.490 e. The molecular weight excluding hydrogens is 263 g/mol. The van der Waals surface area contributed by atoms with E-state index in [1.54, 1.807) is 12.1 Å². The van der Waals surface area contributed by atoms with Gasteiger partial charge < -0.3 is 10.1 Å². The quantitative estimate of drug-likeness (QED) is 0.794. The standard InChI is InChI=1S/C13H15FN4O2/c14-10-3-1-2-4-11(10)20-8-6-13(19)15-7-5-12-16-9-17-18-12/h1-4,9H,5-8H2,(H,15,19)(H,16,17,18). The van der Waals surface area contributed by atoms with Crippen LogP contribution in [0.2, 0.25) is 0 Å². The maximum Gasteiger partial charge on any atom is 0.223 e. The van der Waals surface area contributed by atoms with Crippen molar-refractivity contribution in [1.82, 2.24) is 20.5 Å². The van der Waals surface area contributed by atoms with Crippen LogP contribution in [-0.2, 0) is 11.2 Å². The lowest BCUT2D eigenvalue weighted by atomic mass is 10.3. The third-order valence-corrected chi connectivity index (χ3v) is 2.57. The number of carbonyl (C=O) groups is 1. The Morgan fingerprint density at radius 2 is 2.25 bits per heavy atom. The van der Waals surface area contributed by atoms with E-state index in [9.17, 15) is 9.18 Å². The molecule has 1 aromatic carbocycles. The summed E-state index contributed by atoms with van der Waals surface area (Å²) < 4.78 is 18.4. The molecule has 6 nitrogen and oxygen atoms in total. The summed E-state index contributed by atoms with van der Waals surface area (Å²) in [6.07, 6.45) is 2.17. The highest BCUT2D eigenvalue weighted by molar-refractivity contribution is 5.75. The van der Waals surface area contributed by atoms with Crippen LogP contribution in [0, 0.1) is 5.82 Å². The SMILES string of the molecule is O=C(CCOc1ccccc1F)NCCc1ncn[nH]1. The third-order valence-electron chi connectivity index (χ3n) is 2.57. The second kappa shape index (κ2) is 7.22. The van der Waals surface area contributed by atoms with Gasteiger partial charge in [-0.3, -0.25) is 9.89 Å². The summed E-state index contributed by atoms with van der Waals surface area (Å²) >= 11 is 0. The van der Waals surface area contributed by atoms with Crippen LogP contribution in [0.4, 0.5) is 4.39 Å². The summed E-state index contributed by atoms with van der Waals surface area (Å²) in [5, 5.41) is 9.13. The van der Waals surface area contributed by atoms with E-state index in [-0.39, 0.29) is 24.7 Å². The van der Waals surface area contributed by atoms with Gasteiger partial charge in [0.1, 0.15) is 12.2 Å². The number of hydrogen-bond acceptors (Lipinski definition) is 4. The number of para-hydroxylation sites is 1. The fraction of sp³-hybridized carbons (Fsp3) is 0.308. The number of ether oxygens (including phenoxy) is 1. The van der Waals surface area contributed by atoms with Crippen LogP contribution < -0.4 is 10.1 Å². The first-order valence-electron chi connectivity index (χ1n) is 6.24. The molecule has 0 saturated heterocycles. The van der Waals surface area contributed by atoms with E-state index < -0.39 is 5.82 Å². The molecule has 1 aromatic heterocycles. The first kappa shape index (κ1) is 14.0. The van der Waals surface area contributed by atoms with Crippen molar-refractivity contribution in [1.29, 1.82) is 0 Å². The normalized spacial score (nSPS) is 10.2. The Morgan fingerprint density at radius 3 is 3.00 bits per heavy atom. The molecule has 0 aliphatic heterocycles. The molecule has 2 rings (SSSR count). The molecule has 0 atom stereocenters. The lowest BCUT2D eigenvalue weighted by Gasteiger charge is -2.07. The summed E-state index contributed by atoms with van der Waals surface area (Å²) in [6, 6.07) is 6.10. The fourth-order valence-electron chi connectivity index (χ4n) is 1.58. The van der Waals surface area contributed by atoms with E-state index in [1.165, 1.54) is 18.5 Å². The lowest BCUT2D eigenvalue weighted by molar-refractivity contribution is -0.121. The summed E-state index contributed by atoms with van der Waals surface area (Å²) in [6.45, 7) is 0.600. The molecule has 20 heavy (non-hydrogen) atoms. The summed E-state index contributed by atoms with van der Waals surface area (Å²) in [5.41, 5.74) is 0. The summed E-state index contributed by atoms with van der Waals surface area (Å²) in [4.78, 5) is 15.5. The van der Waals surface area contributed by atoms with Crippen molar-refractivity contribution in [3.05, 3.63) is 42.2 Å². The van der Waals surface area contributed by atoms with Gasteiger partial charge in [0.15, 0.2) is 11.6 Å². The molecular formula is C13H15FN4O2. The number of rotatable bonds is 7. The van der Waals surface area contributed by atoms with Crippen LogP contribution in [0.3, 0.4) is 0 Å². The second-order valence-electron chi connectivity index (χ2n) is 4.06. The molecule has 2 aromatic rings. The van der Waals surface area contributed by atoms with E-state index in [4.69, 9.17) is 4.74 Å². The summed E-state index contributed by atoms with van der Waals surface area (Å²) in [5.74, 6) is 0.286. The Labute approximate surface area is 115 Å². The van der Waals surface area contributed by atoms with Crippen LogP contribution in [0.15, 0.2) is 30.6 Å². The number of aromatic amines is 1. The van der Waals surface area contributed by atoms with Crippen molar-refractivity contribution in [2.75, 3.05) is 13.2 Å². The molecule has 0 radical (unpaired) electrons. The van der Waals surface area contributed by atoms with Crippen molar-refractivity contribution in [3.63, 3.8) is 0 Å². The molecule has 106 valence electrons. The molecule has 1 amide bonds. The van der Waals surface area contributed by atoms with Gasteiger partial charge >= 0.3 is 0 Å². The van der Waals surface area contributed by atoms with Crippen LogP contribution >= 0.6 is 0 Å². The highest BCUT2D eigenvalue weighted by atomic mass is 19.1. The van der Waals surface area contributed by atoms with Gasteiger partial charge in [0, 0.05) is 13.0 Å². The van der Waals surface area contributed by atoms with E-state index in [1.807, 2.05) is 0 Å². The predicted molar refractivity (Wildman–Crippen MR) is 69.6 cm³/mol. The molecule has 0 saturated carbocycles. The molecule has 1 heterocycles. The van der Waals surface area contributed by atoms with Gasteiger partial charge in [-0.05, 0) is 12.1 Å². The molecule has 0 bridgehead atoms. The summed E-state index contributed by atoms with van der Waals surface area (Å²) in [7, 11) is 0. The fourth-order valence-corrected chi connectivity index (χ4v) is 1.58. The van der Waals surface area contributed by atoms with Crippen molar-refractivity contribution in [2.24, 2.45) is 0 Å². The van der Waals surface area contributed by atoms with E-state index in [0.29, 0.717) is 18.8 Å². The smallest absolute Gasteiger partial charge is 0.223 e. The maximum atomic E-state index is 13.2. The zero-order valence-electron chi connectivity index (χ0n) is 10.8. The van der Waals surface area contributed by atoms with Crippen molar-refractivity contribution >= 4 is 5.91 Å². The van der Waals surface area contributed by atoms with E-state index in [2.05, 4.69) is 20.5 Å². The monoisotopic (exact) mass is 278 g/mol. The van der Waals surface area contributed by atoms with Gasteiger partial charge in [-0.2, -0.15) is 5.10 Å². The van der Waals surface area contributed by atoms with Crippen molar-refractivity contribution < 1.29 is 13.9 Å². The van der Waals surface area contributed by atoms with E-state index >= 15 is 0 Å².